The Bertz CT molecular complexity index is 689. The molecule has 0 amide bonds. The SMILES string of the molecule is Cc1cccc2sc(NCCCc3ccccc3)nc12. The zero-order chi connectivity index (χ0) is 13.8. The molecule has 0 aliphatic carbocycles. The predicted molar refractivity (Wildman–Crippen MR) is 87.6 cm³/mol. The van der Waals surface area contributed by atoms with E-state index in [4.69, 9.17) is 0 Å². The third-order valence-electron chi connectivity index (χ3n) is 3.38. The number of hydrogen-bond donors (Lipinski definition) is 1. The highest BCUT2D eigenvalue weighted by atomic mass is 32.1. The third kappa shape index (κ3) is 2.99. The minimum absolute atomic E-state index is 0.966. The molecule has 0 atom stereocenters. The average Bonchev–Trinajstić information content (AvgIpc) is 2.89. The van der Waals surface area contributed by atoms with Gasteiger partial charge in [0.05, 0.1) is 10.2 Å². The lowest BCUT2D eigenvalue weighted by Crippen LogP contribution is -2.02. The van der Waals surface area contributed by atoms with Gasteiger partial charge in [-0.05, 0) is 37.0 Å². The number of para-hydroxylation sites is 1. The van der Waals surface area contributed by atoms with Gasteiger partial charge in [-0.2, -0.15) is 0 Å². The molecule has 2 nitrogen and oxygen atoms in total. The van der Waals surface area contributed by atoms with Gasteiger partial charge in [-0.15, -0.1) is 0 Å². The van der Waals surface area contributed by atoms with Crippen molar-refractivity contribution in [3.05, 3.63) is 59.7 Å². The maximum absolute atomic E-state index is 4.66. The van der Waals surface area contributed by atoms with E-state index in [1.54, 1.807) is 11.3 Å². The van der Waals surface area contributed by atoms with Crippen LogP contribution in [-0.2, 0) is 6.42 Å². The Kier molecular flexibility index (Phi) is 3.97. The largest absolute Gasteiger partial charge is 0.361 e. The molecule has 1 N–H and O–H groups in total. The molecule has 20 heavy (non-hydrogen) atoms. The summed E-state index contributed by atoms with van der Waals surface area (Å²) in [5.74, 6) is 0. The van der Waals surface area contributed by atoms with Gasteiger partial charge in [0, 0.05) is 6.54 Å². The van der Waals surface area contributed by atoms with E-state index < -0.39 is 0 Å². The van der Waals surface area contributed by atoms with Crippen molar-refractivity contribution in [2.24, 2.45) is 0 Å². The normalized spacial score (nSPS) is 10.8. The maximum Gasteiger partial charge on any atom is 0.183 e. The summed E-state index contributed by atoms with van der Waals surface area (Å²) >= 11 is 1.74. The average molecular weight is 282 g/mol. The molecule has 102 valence electrons. The van der Waals surface area contributed by atoms with Gasteiger partial charge in [0.2, 0.25) is 0 Å². The molecule has 0 bridgehead atoms. The zero-order valence-electron chi connectivity index (χ0n) is 11.6. The highest BCUT2D eigenvalue weighted by Gasteiger charge is 2.04. The van der Waals surface area contributed by atoms with E-state index in [2.05, 4.69) is 65.8 Å². The first kappa shape index (κ1) is 13.1. The molecule has 0 aliphatic rings. The number of rotatable bonds is 5. The van der Waals surface area contributed by atoms with Crippen molar-refractivity contribution in [1.29, 1.82) is 0 Å². The Morgan fingerprint density at radius 3 is 2.70 bits per heavy atom. The summed E-state index contributed by atoms with van der Waals surface area (Å²) < 4.78 is 1.26. The van der Waals surface area contributed by atoms with Crippen LogP contribution in [0.2, 0.25) is 0 Å². The number of benzene rings is 2. The Hall–Kier alpha value is -1.87. The number of nitrogens with one attached hydrogen (secondary N) is 1. The fourth-order valence-electron chi connectivity index (χ4n) is 2.29. The molecule has 0 saturated carbocycles. The second-order valence-corrected chi connectivity index (χ2v) is 5.99. The van der Waals surface area contributed by atoms with Gasteiger partial charge in [0.15, 0.2) is 5.13 Å². The summed E-state index contributed by atoms with van der Waals surface area (Å²) in [7, 11) is 0. The van der Waals surface area contributed by atoms with E-state index in [0.29, 0.717) is 0 Å². The van der Waals surface area contributed by atoms with E-state index in [-0.39, 0.29) is 0 Å². The molecule has 0 aliphatic heterocycles. The molecule has 0 radical (unpaired) electrons. The van der Waals surface area contributed by atoms with Crippen LogP contribution >= 0.6 is 11.3 Å². The smallest absolute Gasteiger partial charge is 0.183 e. The van der Waals surface area contributed by atoms with E-state index in [1.165, 1.54) is 15.8 Å². The predicted octanol–water partition coefficient (Wildman–Crippen LogP) is 4.65. The first-order valence-electron chi connectivity index (χ1n) is 6.97. The van der Waals surface area contributed by atoms with Crippen LogP contribution in [0, 0.1) is 6.92 Å². The number of aryl methyl sites for hydroxylation is 2. The molecule has 3 rings (SSSR count). The second kappa shape index (κ2) is 6.06. The lowest BCUT2D eigenvalue weighted by molar-refractivity contribution is 0.862. The van der Waals surface area contributed by atoms with Crippen molar-refractivity contribution in [2.45, 2.75) is 19.8 Å². The maximum atomic E-state index is 4.66. The molecule has 0 unspecified atom stereocenters. The Balaban J connectivity index is 1.56. The van der Waals surface area contributed by atoms with Crippen LogP contribution in [0.4, 0.5) is 5.13 Å². The summed E-state index contributed by atoms with van der Waals surface area (Å²) in [6.45, 7) is 3.08. The Morgan fingerprint density at radius 2 is 1.90 bits per heavy atom. The topological polar surface area (TPSA) is 24.9 Å². The summed E-state index contributed by atoms with van der Waals surface area (Å²) in [4.78, 5) is 4.66. The second-order valence-electron chi connectivity index (χ2n) is 4.96. The lowest BCUT2D eigenvalue weighted by atomic mass is 10.1. The van der Waals surface area contributed by atoms with Gasteiger partial charge in [-0.3, -0.25) is 0 Å². The molecular formula is C17H18N2S. The zero-order valence-corrected chi connectivity index (χ0v) is 12.4. The summed E-state index contributed by atoms with van der Waals surface area (Å²) in [5.41, 5.74) is 3.77. The first-order valence-corrected chi connectivity index (χ1v) is 7.78. The fraction of sp³-hybridized carbons (Fsp3) is 0.235. The monoisotopic (exact) mass is 282 g/mol. The highest BCUT2D eigenvalue weighted by Crippen LogP contribution is 2.27. The standard InChI is InChI=1S/C17H18N2S/c1-13-7-5-11-15-16(13)19-17(20-15)18-12-6-10-14-8-3-2-4-9-14/h2-5,7-9,11H,6,10,12H2,1H3,(H,18,19). The summed E-state index contributed by atoms with van der Waals surface area (Å²) in [6.07, 6.45) is 2.23. The Morgan fingerprint density at radius 1 is 1.05 bits per heavy atom. The quantitative estimate of drug-likeness (QED) is 0.689. The van der Waals surface area contributed by atoms with Crippen LogP contribution in [-0.4, -0.2) is 11.5 Å². The molecule has 2 aromatic carbocycles. The van der Waals surface area contributed by atoms with Gasteiger partial charge in [-0.25, -0.2) is 4.98 Å². The minimum Gasteiger partial charge on any atom is -0.361 e. The molecule has 0 spiro atoms. The minimum atomic E-state index is 0.966. The summed E-state index contributed by atoms with van der Waals surface area (Å²) in [5, 5.41) is 4.47. The first-order chi connectivity index (χ1) is 9.83. The van der Waals surface area contributed by atoms with E-state index in [9.17, 15) is 0 Å². The van der Waals surface area contributed by atoms with E-state index >= 15 is 0 Å². The lowest BCUT2D eigenvalue weighted by Gasteiger charge is -2.02. The third-order valence-corrected chi connectivity index (χ3v) is 4.36. The van der Waals surface area contributed by atoms with Gasteiger partial charge in [0.25, 0.3) is 0 Å². The van der Waals surface area contributed by atoms with Crippen molar-refractivity contribution in [3.63, 3.8) is 0 Å². The van der Waals surface area contributed by atoms with Crippen LogP contribution in [0.25, 0.3) is 10.2 Å². The van der Waals surface area contributed by atoms with E-state index in [0.717, 1.165) is 30.0 Å². The van der Waals surface area contributed by atoms with Crippen molar-refractivity contribution in [3.8, 4) is 0 Å². The van der Waals surface area contributed by atoms with Gasteiger partial charge >= 0.3 is 0 Å². The molecule has 0 fully saturated rings. The number of thiazole rings is 1. The molecule has 1 aromatic heterocycles. The number of aromatic nitrogens is 1. The van der Waals surface area contributed by atoms with Gasteiger partial charge < -0.3 is 5.32 Å². The Labute approximate surface area is 123 Å². The molecular weight excluding hydrogens is 264 g/mol. The van der Waals surface area contributed by atoms with Gasteiger partial charge in [-0.1, -0.05) is 53.8 Å². The van der Waals surface area contributed by atoms with Crippen molar-refractivity contribution in [2.75, 3.05) is 11.9 Å². The molecule has 1 heterocycles. The highest BCUT2D eigenvalue weighted by molar-refractivity contribution is 7.22. The number of anilines is 1. The van der Waals surface area contributed by atoms with Crippen molar-refractivity contribution in [1.82, 2.24) is 4.98 Å². The molecule has 0 saturated heterocycles. The molecule has 3 aromatic rings. The summed E-state index contributed by atoms with van der Waals surface area (Å²) in [6, 6.07) is 17.0. The number of hydrogen-bond acceptors (Lipinski definition) is 3. The van der Waals surface area contributed by atoms with Crippen molar-refractivity contribution >= 4 is 26.7 Å². The molecule has 3 heteroatoms. The van der Waals surface area contributed by atoms with Crippen LogP contribution in [0.3, 0.4) is 0 Å². The van der Waals surface area contributed by atoms with E-state index in [1.807, 2.05) is 0 Å². The van der Waals surface area contributed by atoms with Crippen LogP contribution in [0.1, 0.15) is 17.5 Å². The van der Waals surface area contributed by atoms with Gasteiger partial charge in [0.1, 0.15) is 0 Å². The van der Waals surface area contributed by atoms with Crippen LogP contribution in [0.5, 0.6) is 0 Å². The number of nitrogens with zero attached hydrogens (tertiary/aromatic N) is 1. The van der Waals surface area contributed by atoms with Crippen molar-refractivity contribution < 1.29 is 0 Å². The fourth-order valence-corrected chi connectivity index (χ4v) is 3.26. The number of fused-ring (bicyclic) bond motifs is 1. The van der Waals surface area contributed by atoms with Crippen LogP contribution < -0.4 is 5.32 Å². The van der Waals surface area contributed by atoms with Crippen LogP contribution in [0.15, 0.2) is 48.5 Å².